The van der Waals surface area contributed by atoms with Crippen molar-refractivity contribution >= 4 is 61.7 Å². The smallest absolute Gasteiger partial charge is 0.0991 e. The molecule has 0 aliphatic rings. The Morgan fingerprint density at radius 2 is 0.896 bits per heavy atom. The van der Waals surface area contributed by atoms with Crippen LogP contribution in [-0.4, -0.2) is 0 Å². The maximum absolute atomic E-state index is 9.91. The molecular formula is C63H54N4. The third-order valence-corrected chi connectivity index (χ3v) is 13.3. The SMILES string of the molecule is C=Cc1c(N(c2ccc(C#N)cc2)c2cc(-c3ccccc3)ccc2C)cc(C(C)C)c2ccc3c(N(c4ccc(C#N)cc4)c4cc(-c5ccccc5)ccc4C)cc(C(C)C)c(C)c3c12. The van der Waals surface area contributed by atoms with E-state index in [9.17, 15) is 10.5 Å². The molecule has 0 heterocycles. The van der Waals surface area contributed by atoms with E-state index in [-0.39, 0.29) is 11.8 Å². The zero-order valence-electron chi connectivity index (χ0n) is 39.4. The molecule has 0 spiro atoms. The minimum Gasteiger partial charge on any atom is -0.310 e. The minimum atomic E-state index is 0.184. The quantitative estimate of drug-likeness (QED) is 0.122. The van der Waals surface area contributed by atoms with Gasteiger partial charge in [0.25, 0.3) is 0 Å². The van der Waals surface area contributed by atoms with Crippen LogP contribution in [0, 0.1) is 43.4 Å². The fraction of sp³-hybridized carbons (Fsp3) is 0.143. The van der Waals surface area contributed by atoms with Crippen LogP contribution in [0.5, 0.6) is 0 Å². The van der Waals surface area contributed by atoms with Gasteiger partial charge in [0.05, 0.1) is 34.6 Å². The van der Waals surface area contributed by atoms with Crippen molar-refractivity contribution in [1.82, 2.24) is 0 Å². The van der Waals surface area contributed by atoms with Gasteiger partial charge in [0.1, 0.15) is 0 Å². The Morgan fingerprint density at radius 3 is 1.34 bits per heavy atom. The Morgan fingerprint density at radius 1 is 0.448 bits per heavy atom. The van der Waals surface area contributed by atoms with E-state index in [0.29, 0.717) is 11.1 Å². The lowest BCUT2D eigenvalue weighted by Gasteiger charge is -2.33. The van der Waals surface area contributed by atoms with Crippen LogP contribution in [0.2, 0.25) is 0 Å². The summed E-state index contributed by atoms with van der Waals surface area (Å²) < 4.78 is 0. The van der Waals surface area contributed by atoms with Gasteiger partial charge in [-0.3, -0.25) is 0 Å². The molecule has 0 aromatic heterocycles. The highest BCUT2D eigenvalue weighted by molar-refractivity contribution is 6.20. The molecule has 4 nitrogen and oxygen atoms in total. The first-order chi connectivity index (χ1) is 32.5. The zero-order chi connectivity index (χ0) is 46.9. The maximum Gasteiger partial charge on any atom is 0.0991 e. The average Bonchev–Trinajstić information content (AvgIpc) is 3.36. The number of rotatable bonds is 11. The molecule has 0 fully saturated rings. The Hall–Kier alpha value is -8.18. The summed E-state index contributed by atoms with van der Waals surface area (Å²) in [5.74, 6) is 0.389. The van der Waals surface area contributed by atoms with E-state index in [0.717, 1.165) is 83.8 Å². The van der Waals surface area contributed by atoms with Crippen molar-refractivity contribution in [2.45, 2.75) is 60.3 Å². The van der Waals surface area contributed by atoms with Gasteiger partial charge in [0.2, 0.25) is 0 Å². The minimum absolute atomic E-state index is 0.184. The summed E-state index contributed by atoms with van der Waals surface area (Å²) in [6, 6.07) is 64.4. The van der Waals surface area contributed by atoms with Gasteiger partial charge in [-0.2, -0.15) is 10.5 Å². The molecule has 0 saturated heterocycles. The summed E-state index contributed by atoms with van der Waals surface area (Å²) in [6.45, 7) is 20.4. The summed E-state index contributed by atoms with van der Waals surface area (Å²) >= 11 is 0. The number of aryl methyl sites for hydroxylation is 3. The first kappa shape index (κ1) is 44.0. The normalized spacial score (nSPS) is 11.2. The molecule has 0 aliphatic heterocycles. The van der Waals surface area contributed by atoms with Crippen molar-refractivity contribution in [1.29, 1.82) is 10.5 Å². The van der Waals surface area contributed by atoms with Crippen LogP contribution in [0.3, 0.4) is 0 Å². The fourth-order valence-electron chi connectivity index (χ4n) is 9.80. The molecule has 4 heteroatoms. The van der Waals surface area contributed by atoms with E-state index in [1.165, 1.54) is 27.5 Å². The number of hydrogen-bond donors (Lipinski definition) is 0. The van der Waals surface area contributed by atoms with E-state index in [1.807, 2.05) is 30.3 Å². The van der Waals surface area contributed by atoms with Crippen molar-refractivity contribution in [2.24, 2.45) is 0 Å². The first-order valence-corrected chi connectivity index (χ1v) is 23.1. The maximum atomic E-state index is 9.91. The summed E-state index contributed by atoms with van der Waals surface area (Å²) in [5.41, 5.74) is 18.9. The second-order valence-electron chi connectivity index (χ2n) is 18.2. The van der Waals surface area contributed by atoms with Crippen molar-refractivity contribution < 1.29 is 0 Å². The Labute approximate surface area is 395 Å². The Kier molecular flexibility index (Phi) is 12.1. The van der Waals surface area contributed by atoms with Gasteiger partial charge in [0, 0.05) is 33.7 Å². The topological polar surface area (TPSA) is 54.1 Å². The largest absolute Gasteiger partial charge is 0.310 e. The van der Waals surface area contributed by atoms with Crippen LogP contribution >= 0.6 is 0 Å². The van der Waals surface area contributed by atoms with Crippen molar-refractivity contribution in [2.75, 3.05) is 9.80 Å². The van der Waals surface area contributed by atoms with Gasteiger partial charge >= 0.3 is 0 Å². The van der Waals surface area contributed by atoms with Crippen LogP contribution in [0.25, 0.3) is 49.9 Å². The Balaban J connectivity index is 1.41. The second kappa shape index (κ2) is 18.4. The van der Waals surface area contributed by atoms with Crippen LogP contribution in [-0.2, 0) is 0 Å². The molecule has 0 radical (unpaired) electrons. The monoisotopic (exact) mass is 866 g/mol. The van der Waals surface area contributed by atoms with Crippen LogP contribution in [0.1, 0.15) is 84.0 Å². The highest BCUT2D eigenvalue weighted by Crippen LogP contribution is 2.51. The van der Waals surface area contributed by atoms with Gasteiger partial charge in [-0.25, -0.2) is 0 Å². The molecule has 9 aromatic carbocycles. The van der Waals surface area contributed by atoms with Gasteiger partial charge in [0.15, 0.2) is 0 Å². The molecule has 9 aromatic rings. The third kappa shape index (κ3) is 8.13. The molecule has 0 N–H and O–H groups in total. The third-order valence-electron chi connectivity index (χ3n) is 13.3. The lowest BCUT2D eigenvalue weighted by Crippen LogP contribution is -2.15. The molecule has 0 atom stereocenters. The Bertz CT molecular complexity index is 3400. The van der Waals surface area contributed by atoms with Crippen molar-refractivity contribution in [3.63, 3.8) is 0 Å². The van der Waals surface area contributed by atoms with Gasteiger partial charge in [-0.05, 0) is 172 Å². The molecule has 67 heavy (non-hydrogen) atoms. The molecule has 9 rings (SSSR count). The van der Waals surface area contributed by atoms with Crippen LogP contribution < -0.4 is 9.80 Å². The van der Waals surface area contributed by atoms with Gasteiger partial charge in [-0.1, -0.05) is 137 Å². The molecule has 326 valence electrons. The highest BCUT2D eigenvalue weighted by atomic mass is 15.2. The molecule has 0 amide bonds. The van der Waals surface area contributed by atoms with Crippen molar-refractivity contribution in [3.8, 4) is 34.4 Å². The van der Waals surface area contributed by atoms with Gasteiger partial charge in [-0.15, -0.1) is 0 Å². The first-order valence-electron chi connectivity index (χ1n) is 23.1. The average molecular weight is 867 g/mol. The predicted octanol–water partition coefficient (Wildman–Crippen LogP) is 17.8. The number of nitrogens with zero attached hydrogens (tertiary/aromatic N) is 4. The predicted molar refractivity (Wildman–Crippen MR) is 284 cm³/mol. The summed E-state index contributed by atoms with van der Waals surface area (Å²) in [5, 5.41) is 24.5. The number of benzene rings is 9. The summed E-state index contributed by atoms with van der Waals surface area (Å²) in [7, 11) is 0. The lowest BCUT2D eigenvalue weighted by atomic mass is 9.84. The summed E-state index contributed by atoms with van der Waals surface area (Å²) in [4.78, 5) is 4.76. The summed E-state index contributed by atoms with van der Waals surface area (Å²) in [6.07, 6.45) is 2.04. The van der Waals surface area contributed by atoms with E-state index in [2.05, 4.69) is 223 Å². The van der Waals surface area contributed by atoms with E-state index in [4.69, 9.17) is 0 Å². The van der Waals surface area contributed by atoms with Crippen LogP contribution in [0.4, 0.5) is 34.1 Å². The van der Waals surface area contributed by atoms with E-state index in [1.54, 1.807) is 0 Å². The number of fused-ring (bicyclic) bond motifs is 3. The number of anilines is 6. The molecule has 0 saturated carbocycles. The zero-order valence-corrected chi connectivity index (χ0v) is 39.4. The molecular weight excluding hydrogens is 813 g/mol. The van der Waals surface area contributed by atoms with Crippen LogP contribution in [0.15, 0.2) is 176 Å². The van der Waals surface area contributed by atoms with Crippen molar-refractivity contribution in [3.05, 3.63) is 221 Å². The number of nitriles is 2. The van der Waals surface area contributed by atoms with E-state index < -0.39 is 0 Å². The highest BCUT2D eigenvalue weighted by Gasteiger charge is 2.27. The van der Waals surface area contributed by atoms with E-state index >= 15 is 0 Å². The standard InChI is InChI=1S/C63H54N4/c1-9-53-60(66(51-28-22-45(38-64)23-29-51)58-34-49(26-20-42(58)6)47-16-12-10-13-17-47)37-57(41(4)5)54-32-33-55-61(36-56(40(2)3)44(8)62(55)63(53)54)67(52-30-24-46(39-65)25-31-52)59-35-50(27-21-43(59)7)48-18-14-11-15-19-48/h9-37,40-41H,1H2,2-8H3. The lowest BCUT2D eigenvalue weighted by molar-refractivity contribution is 0.859. The second-order valence-corrected chi connectivity index (χ2v) is 18.2. The fourth-order valence-corrected chi connectivity index (χ4v) is 9.80. The molecule has 0 bridgehead atoms. The number of hydrogen-bond acceptors (Lipinski definition) is 4. The van der Waals surface area contributed by atoms with Gasteiger partial charge < -0.3 is 9.80 Å². The molecule has 0 aliphatic carbocycles. The molecule has 0 unspecified atom stereocenters.